The molecule has 104 valence electrons. The van der Waals surface area contributed by atoms with E-state index in [1.807, 2.05) is 12.1 Å². The molecule has 1 aromatic carbocycles. The van der Waals surface area contributed by atoms with E-state index in [4.69, 9.17) is 17.0 Å². The minimum Gasteiger partial charge on any atom is -0.370 e. The van der Waals surface area contributed by atoms with Gasteiger partial charge in [-0.3, -0.25) is 0 Å². The Kier molecular flexibility index (Phi) is 5.57. The van der Waals surface area contributed by atoms with Gasteiger partial charge in [-0.1, -0.05) is 12.1 Å². The van der Waals surface area contributed by atoms with Crippen molar-refractivity contribution in [2.45, 2.75) is 6.92 Å². The van der Waals surface area contributed by atoms with E-state index >= 15 is 0 Å². The standard InChI is InChI=1S/C14H21N3OS/c1-12-3-2-4-13(11-12)16-14(19)15-5-6-17-7-9-18-10-8-17/h2-4,11H,5-10H2,1H3,(H2,15,16,19)/p+1. The molecule has 1 aliphatic heterocycles. The van der Waals surface area contributed by atoms with Gasteiger partial charge in [0.25, 0.3) is 0 Å². The third-order valence-corrected chi connectivity index (χ3v) is 3.49. The van der Waals surface area contributed by atoms with Crippen LogP contribution in [-0.4, -0.2) is 44.5 Å². The van der Waals surface area contributed by atoms with Crippen LogP contribution in [0.4, 0.5) is 5.69 Å². The van der Waals surface area contributed by atoms with E-state index in [9.17, 15) is 0 Å². The molecule has 3 N–H and O–H groups in total. The number of quaternary nitrogens is 1. The van der Waals surface area contributed by atoms with E-state index in [2.05, 4.69) is 29.7 Å². The molecular weight excluding hydrogens is 258 g/mol. The number of ether oxygens (including phenoxy) is 1. The van der Waals surface area contributed by atoms with Crippen molar-refractivity contribution in [2.24, 2.45) is 0 Å². The highest BCUT2D eigenvalue weighted by atomic mass is 32.1. The molecule has 0 radical (unpaired) electrons. The fourth-order valence-corrected chi connectivity index (χ4v) is 2.38. The lowest BCUT2D eigenvalue weighted by atomic mass is 10.2. The van der Waals surface area contributed by atoms with Gasteiger partial charge in [-0.2, -0.15) is 0 Å². The maximum Gasteiger partial charge on any atom is 0.170 e. The Morgan fingerprint density at radius 2 is 2.16 bits per heavy atom. The van der Waals surface area contributed by atoms with Crippen molar-refractivity contribution >= 4 is 23.0 Å². The summed E-state index contributed by atoms with van der Waals surface area (Å²) in [6.07, 6.45) is 0. The molecule has 0 saturated carbocycles. The van der Waals surface area contributed by atoms with Crippen molar-refractivity contribution in [3.05, 3.63) is 29.8 Å². The molecule has 0 unspecified atom stereocenters. The summed E-state index contributed by atoms with van der Waals surface area (Å²) in [5.74, 6) is 0. The SMILES string of the molecule is Cc1cccc(NC(=S)NCC[NH+]2CCOCC2)c1. The Balaban J connectivity index is 1.67. The lowest BCUT2D eigenvalue weighted by molar-refractivity contribution is -0.906. The molecular formula is C14H22N3OS+. The number of morpholine rings is 1. The van der Waals surface area contributed by atoms with Gasteiger partial charge in [-0.15, -0.1) is 0 Å². The molecule has 1 aromatic rings. The van der Waals surface area contributed by atoms with Gasteiger partial charge in [0, 0.05) is 5.69 Å². The Labute approximate surface area is 120 Å². The Morgan fingerprint density at radius 3 is 2.89 bits per heavy atom. The quantitative estimate of drug-likeness (QED) is 0.689. The summed E-state index contributed by atoms with van der Waals surface area (Å²) in [4.78, 5) is 1.58. The summed E-state index contributed by atoms with van der Waals surface area (Å²) < 4.78 is 5.34. The average molecular weight is 280 g/mol. The second-order valence-corrected chi connectivity index (χ2v) is 5.27. The van der Waals surface area contributed by atoms with Crippen LogP contribution in [0.1, 0.15) is 5.56 Å². The first-order valence-corrected chi connectivity index (χ1v) is 7.18. The Hall–Kier alpha value is -1.17. The van der Waals surface area contributed by atoms with Crippen LogP contribution in [0.25, 0.3) is 0 Å². The Bertz CT molecular complexity index is 419. The predicted octanol–water partition coefficient (Wildman–Crippen LogP) is 0.197. The highest BCUT2D eigenvalue weighted by Crippen LogP contribution is 2.08. The number of aryl methyl sites for hydroxylation is 1. The monoisotopic (exact) mass is 280 g/mol. The van der Waals surface area contributed by atoms with Crippen LogP contribution in [0.3, 0.4) is 0 Å². The average Bonchev–Trinajstić information content (AvgIpc) is 2.40. The predicted molar refractivity (Wildman–Crippen MR) is 81.8 cm³/mol. The first-order chi connectivity index (χ1) is 9.24. The second kappa shape index (κ2) is 7.43. The first kappa shape index (κ1) is 14.2. The third-order valence-electron chi connectivity index (χ3n) is 3.24. The smallest absolute Gasteiger partial charge is 0.170 e. The van der Waals surface area contributed by atoms with Gasteiger partial charge < -0.3 is 20.3 Å². The first-order valence-electron chi connectivity index (χ1n) is 6.77. The maximum atomic E-state index is 5.34. The van der Waals surface area contributed by atoms with Gasteiger partial charge in [0.1, 0.15) is 13.1 Å². The molecule has 1 heterocycles. The van der Waals surface area contributed by atoms with Crippen LogP contribution in [0.5, 0.6) is 0 Å². The second-order valence-electron chi connectivity index (χ2n) is 4.86. The zero-order chi connectivity index (χ0) is 13.5. The molecule has 2 rings (SSSR count). The zero-order valence-corrected chi connectivity index (χ0v) is 12.2. The van der Waals surface area contributed by atoms with Crippen molar-refractivity contribution < 1.29 is 9.64 Å². The summed E-state index contributed by atoms with van der Waals surface area (Å²) in [7, 11) is 0. The zero-order valence-electron chi connectivity index (χ0n) is 11.4. The van der Waals surface area contributed by atoms with E-state index in [1.165, 1.54) is 5.56 Å². The molecule has 4 nitrogen and oxygen atoms in total. The summed E-state index contributed by atoms with van der Waals surface area (Å²) in [6.45, 7) is 8.00. The van der Waals surface area contributed by atoms with E-state index in [0.29, 0.717) is 5.11 Å². The number of hydrogen-bond donors (Lipinski definition) is 3. The fourth-order valence-electron chi connectivity index (χ4n) is 2.16. The van der Waals surface area contributed by atoms with Crippen LogP contribution >= 0.6 is 12.2 Å². The molecule has 0 aromatic heterocycles. The molecule has 1 saturated heterocycles. The third kappa shape index (κ3) is 5.14. The van der Waals surface area contributed by atoms with Crippen LogP contribution in [-0.2, 0) is 4.74 Å². The van der Waals surface area contributed by atoms with Crippen molar-refractivity contribution in [2.75, 3.05) is 44.7 Å². The van der Waals surface area contributed by atoms with Gasteiger partial charge in [0.15, 0.2) is 5.11 Å². The van der Waals surface area contributed by atoms with E-state index in [-0.39, 0.29) is 0 Å². The molecule has 1 fully saturated rings. The van der Waals surface area contributed by atoms with Crippen LogP contribution in [0.2, 0.25) is 0 Å². The normalized spacial score (nSPS) is 16.1. The lowest BCUT2D eigenvalue weighted by Crippen LogP contribution is -3.14. The van der Waals surface area contributed by atoms with E-state index < -0.39 is 0 Å². The van der Waals surface area contributed by atoms with Gasteiger partial charge in [0.2, 0.25) is 0 Å². The highest BCUT2D eigenvalue weighted by molar-refractivity contribution is 7.80. The van der Waals surface area contributed by atoms with Gasteiger partial charge in [-0.25, -0.2) is 0 Å². The topological polar surface area (TPSA) is 37.7 Å². The van der Waals surface area contributed by atoms with Gasteiger partial charge in [-0.05, 0) is 36.8 Å². The lowest BCUT2D eigenvalue weighted by Gasteiger charge is -2.24. The van der Waals surface area contributed by atoms with Gasteiger partial charge in [0.05, 0.1) is 26.3 Å². The fraction of sp³-hybridized carbons (Fsp3) is 0.500. The number of nitrogens with one attached hydrogen (secondary N) is 3. The highest BCUT2D eigenvalue weighted by Gasteiger charge is 2.12. The molecule has 0 atom stereocenters. The summed E-state index contributed by atoms with van der Waals surface area (Å²) in [5.41, 5.74) is 2.27. The molecule has 19 heavy (non-hydrogen) atoms. The van der Waals surface area contributed by atoms with Crippen molar-refractivity contribution in [1.29, 1.82) is 0 Å². The molecule has 0 spiro atoms. The molecule has 5 heteroatoms. The number of anilines is 1. The summed E-state index contributed by atoms with van der Waals surface area (Å²) in [5, 5.41) is 7.16. The van der Waals surface area contributed by atoms with E-state index in [1.54, 1.807) is 4.90 Å². The number of rotatable bonds is 4. The van der Waals surface area contributed by atoms with Crippen LogP contribution in [0.15, 0.2) is 24.3 Å². The maximum absolute atomic E-state index is 5.34. The van der Waals surface area contributed by atoms with Crippen molar-refractivity contribution in [3.63, 3.8) is 0 Å². The number of hydrogen-bond acceptors (Lipinski definition) is 2. The molecule has 0 aliphatic carbocycles. The molecule has 0 bridgehead atoms. The van der Waals surface area contributed by atoms with Crippen LogP contribution in [0, 0.1) is 6.92 Å². The molecule has 0 amide bonds. The summed E-state index contributed by atoms with van der Waals surface area (Å²) >= 11 is 5.29. The van der Waals surface area contributed by atoms with Crippen LogP contribution < -0.4 is 15.5 Å². The number of thiocarbonyl (C=S) groups is 1. The largest absolute Gasteiger partial charge is 0.370 e. The van der Waals surface area contributed by atoms with Crippen molar-refractivity contribution in [1.82, 2.24) is 5.32 Å². The van der Waals surface area contributed by atoms with E-state index in [0.717, 1.165) is 45.1 Å². The summed E-state index contributed by atoms with van der Waals surface area (Å²) in [6, 6.07) is 8.21. The van der Waals surface area contributed by atoms with Gasteiger partial charge >= 0.3 is 0 Å². The minimum absolute atomic E-state index is 0.693. The minimum atomic E-state index is 0.693. The number of benzene rings is 1. The molecule has 1 aliphatic rings. The Morgan fingerprint density at radius 1 is 1.37 bits per heavy atom. The van der Waals surface area contributed by atoms with Crippen molar-refractivity contribution in [3.8, 4) is 0 Å².